The molecule has 300 valence electrons. The summed E-state index contributed by atoms with van der Waals surface area (Å²) in [4.78, 5) is 23.3. The Morgan fingerprint density at radius 3 is 1.48 bits per heavy atom. The zero-order valence-electron chi connectivity index (χ0n) is 34.0. The van der Waals surface area contributed by atoms with Gasteiger partial charge in [-0.25, -0.2) is 9.59 Å². The maximum atomic E-state index is 12.2. The minimum Gasteiger partial charge on any atom is -0.458 e. The largest absolute Gasteiger partial charge is 0.458 e. The molecule has 2 heterocycles. The van der Waals surface area contributed by atoms with E-state index in [1.807, 2.05) is 0 Å². The first kappa shape index (κ1) is 37.9. The van der Waals surface area contributed by atoms with Crippen LogP contribution in [0.4, 0.5) is 0 Å². The lowest BCUT2D eigenvalue weighted by Gasteiger charge is -2.63. The first-order chi connectivity index (χ1) is 25.6. The molecule has 0 bridgehead atoms. The predicted octanol–water partition coefficient (Wildman–Crippen LogP) is 8.48. The van der Waals surface area contributed by atoms with E-state index in [9.17, 15) is 24.9 Å². The fourth-order valence-electron chi connectivity index (χ4n) is 17.0. The number of rotatable bonds is 2. The summed E-state index contributed by atoms with van der Waals surface area (Å²) in [7, 11) is 0. The average molecular weight is 747 g/mol. The van der Waals surface area contributed by atoms with Crippen LogP contribution in [-0.2, 0) is 19.1 Å². The number of cyclic esters (lactones) is 2. The summed E-state index contributed by atoms with van der Waals surface area (Å²) in [5.74, 6) is 4.55. The fourth-order valence-corrected chi connectivity index (χ4v) is 17.0. The molecule has 0 spiro atoms. The van der Waals surface area contributed by atoms with Gasteiger partial charge in [0.2, 0.25) is 0 Å². The van der Waals surface area contributed by atoms with Crippen molar-refractivity contribution < 1.29 is 34.4 Å². The first-order valence-electron chi connectivity index (χ1n) is 22.4. The summed E-state index contributed by atoms with van der Waals surface area (Å²) in [6.45, 7) is 12.9. The molecule has 0 amide bonds. The highest BCUT2D eigenvalue weighted by Crippen LogP contribution is 2.72. The van der Waals surface area contributed by atoms with Gasteiger partial charge in [-0.2, -0.15) is 0 Å². The second-order valence-electron chi connectivity index (χ2n) is 21.9. The third-order valence-electron chi connectivity index (χ3n) is 20.2. The molecule has 8 saturated carbocycles. The molecule has 7 nitrogen and oxygen atoms in total. The van der Waals surface area contributed by atoms with E-state index in [2.05, 4.69) is 34.6 Å². The van der Waals surface area contributed by atoms with E-state index in [1.54, 1.807) is 12.2 Å². The summed E-state index contributed by atoms with van der Waals surface area (Å²) in [6, 6.07) is 0. The number of carbonyl (C=O) groups excluding carboxylic acids is 2. The number of carbonyl (C=O) groups is 2. The van der Waals surface area contributed by atoms with Crippen molar-refractivity contribution in [3.8, 4) is 0 Å². The van der Waals surface area contributed by atoms with Crippen LogP contribution < -0.4 is 0 Å². The van der Waals surface area contributed by atoms with Crippen LogP contribution in [-0.4, -0.2) is 57.8 Å². The number of aliphatic hydroxyl groups is 3. The normalized spacial score (nSPS) is 54.6. The van der Waals surface area contributed by atoms with Crippen molar-refractivity contribution >= 4 is 11.9 Å². The molecular formula is C47H70O7. The Morgan fingerprint density at radius 1 is 0.556 bits per heavy atom. The van der Waals surface area contributed by atoms with Crippen LogP contribution in [0.15, 0.2) is 23.3 Å². The molecule has 10 aliphatic rings. The summed E-state index contributed by atoms with van der Waals surface area (Å²) in [5.41, 5.74) is 1.51. The van der Waals surface area contributed by atoms with E-state index in [0.717, 1.165) is 93.6 Å². The van der Waals surface area contributed by atoms with Crippen molar-refractivity contribution in [2.75, 3.05) is 13.2 Å². The van der Waals surface area contributed by atoms with E-state index in [0.29, 0.717) is 54.1 Å². The third-order valence-corrected chi connectivity index (χ3v) is 20.2. The summed E-state index contributed by atoms with van der Waals surface area (Å²) in [5, 5.41) is 34.5. The quantitative estimate of drug-likeness (QED) is 0.243. The molecule has 8 aliphatic carbocycles. The zero-order chi connectivity index (χ0) is 38.1. The van der Waals surface area contributed by atoms with Gasteiger partial charge >= 0.3 is 11.9 Å². The van der Waals surface area contributed by atoms with Gasteiger partial charge in [-0.15, -0.1) is 0 Å². The second kappa shape index (κ2) is 12.9. The van der Waals surface area contributed by atoms with Crippen molar-refractivity contribution in [2.24, 2.45) is 74.9 Å². The van der Waals surface area contributed by atoms with Crippen molar-refractivity contribution in [2.45, 2.75) is 167 Å². The van der Waals surface area contributed by atoms with Gasteiger partial charge in [0.1, 0.15) is 13.2 Å². The van der Waals surface area contributed by atoms with Gasteiger partial charge in [-0.05, 0) is 184 Å². The van der Waals surface area contributed by atoms with E-state index >= 15 is 0 Å². The lowest BCUT2D eigenvalue weighted by atomic mass is 9.43. The molecule has 0 aromatic rings. The predicted molar refractivity (Wildman–Crippen MR) is 207 cm³/mol. The Morgan fingerprint density at radius 2 is 1.02 bits per heavy atom. The Balaban J connectivity index is 0.000000142. The molecule has 4 unspecified atom stereocenters. The van der Waals surface area contributed by atoms with Crippen LogP contribution in [0.5, 0.6) is 0 Å². The maximum absolute atomic E-state index is 12.2. The van der Waals surface area contributed by atoms with Crippen LogP contribution in [0.25, 0.3) is 0 Å². The van der Waals surface area contributed by atoms with E-state index in [1.165, 1.54) is 44.9 Å². The minimum absolute atomic E-state index is 0.0981. The molecule has 2 aliphatic heterocycles. The topological polar surface area (TPSA) is 113 Å². The molecule has 16 atom stereocenters. The van der Waals surface area contributed by atoms with Crippen LogP contribution in [0.1, 0.15) is 150 Å². The Kier molecular flexibility index (Phi) is 9.04. The van der Waals surface area contributed by atoms with Crippen molar-refractivity contribution in [3.05, 3.63) is 23.3 Å². The van der Waals surface area contributed by atoms with Gasteiger partial charge in [0.15, 0.2) is 0 Å². The van der Waals surface area contributed by atoms with Crippen molar-refractivity contribution in [1.82, 2.24) is 0 Å². The van der Waals surface area contributed by atoms with Gasteiger partial charge in [0.05, 0.1) is 17.3 Å². The Labute approximate surface area is 324 Å². The standard InChI is InChI=1S/C24H36O3.C23H34O4/c1-15-6-9-22(2)17(12-15)4-5-20-19(22)7-10-23(3)18(8-11-24(20,23)26)16-13-21(25)27-14-16;1-21-8-5-16(24)12-15(21)3-4-19-18(21)6-9-22(2)17(7-10-23(19,22)26)14-11-20(25)27-13-14/h13,15,17-20,26H,4-12,14H2,1-3H3;11,15-19,24,26H,3-10,12-13H2,1-2H3/t15-,17+,18+,19?,20?,22-,23+,24-;15-,16+,17-,18?,19?,21+,22-,23+/m01/s1. The van der Waals surface area contributed by atoms with E-state index < -0.39 is 11.2 Å². The van der Waals surface area contributed by atoms with Gasteiger partial charge in [-0.3, -0.25) is 0 Å². The van der Waals surface area contributed by atoms with Crippen LogP contribution in [0, 0.1) is 74.9 Å². The summed E-state index contributed by atoms with van der Waals surface area (Å²) in [6.07, 6.45) is 23.4. The molecule has 0 aromatic carbocycles. The third kappa shape index (κ3) is 5.27. The smallest absolute Gasteiger partial charge is 0.331 e. The van der Waals surface area contributed by atoms with Gasteiger partial charge in [0.25, 0.3) is 0 Å². The molecule has 0 saturated heterocycles. The Bertz CT molecular complexity index is 1490. The monoisotopic (exact) mass is 747 g/mol. The fraction of sp³-hybridized carbons (Fsp3) is 0.872. The lowest BCUT2D eigenvalue weighted by Crippen LogP contribution is -2.62. The van der Waals surface area contributed by atoms with Crippen molar-refractivity contribution in [3.63, 3.8) is 0 Å². The first-order valence-corrected chi connectivity index (χ1v) is 22.4. The molecule has 54 heavy (non-hydrogen) atoms. The van der Waals surface area contributed by atoms with Gasteiger partial charge in [-0.1, -0.05) is 41.0 Å². The number of fused-ring (bicyclic) bond motifs is 10. The molecule has 7 heteroatoms. The highest BCUT2D eigenvalue weighted by molar-refractivity contribution is 5.85. The van der Waals surface area contributed by atoms with Crippen LogP contribution in [0.2, 0.25) is 0 Å². The maximum Gasteiger partial charge on any atom is 0.331 e. The van der Waals surface area contributed by atoms with E-state index in [4.69, 9.17) is 9.47 Å². The number of hydrogen-bond acceptors (Lipinski definition) is 7. The summed E-state index contributed by atoms with van der Waals surface area (Å²) >= 11 is 0. The molecule has 0 radical (unpaired) electrons. The molecule has 8 fully saturated rings. The SMILES string of the molecule is C[C@H]1CC[C@]2(C)C3CC[C@]4(C)[C@@H](C5=CC(=O)OC5)CC[C@]4(O)C3CC[C@@H]2C1.C[C@]12CC[C@H](O)C[C@H]1CCC1C2CC[C@]2(C)[C@@H](C3=CC(=O)OC3)CC[C@]12O. The highest BCUT2D eigenvalue weighted by Gasteiger charge is 2.69. The van der Waals surface area contributed by atoms with Gasteiger partial charge in [0, 0.05) is 23.0 Å². The number of hydrogen-bond donors (Lipinski definition) is 3. The number of ether oxygens (including phenoxy) is 2. The molecular weight excluding hydrogens is 677 g/mol. The molecule has 10 rings (SSSR count). The number of aliphatic hydroxyl groups excluding tert-OH is 1. The lowest BCUT2D eigenvalue weighted by molar-refractivity contribution is -0.208. The summed E-state index contributed by atoms with van der Waals surface area (Å²) < 4.78 is 10.4. The average Bonchev–Trinajstić information content (AvgIpc) is 3.89. The Hall–Kier alpha value is -1.70. The van der Waals surface area contributed by atoms with Crippen LogP contribution in [0.3, 0.4) is 0 Å². The highest BCUT2D eigenvalue weighted by atomic mass is 16.5. The van der Waals surface area contributed by atoms with Crippen molar-refractivity contribution in [1.29, 1.82) is 0 Å². The zero-order valence-corrected chi connectivity index (χ0v) is 34.0. The minimum atomic E-state index is -0.628. The number of esters is 2. The van der Waals surface area contributed by atoms with Gasteiger partial charge < -0.3 is 24.8 Å². The van der Waals surface area contributed by atoms with Crippen LogP contribution >= 0.6 is 0 Å². The second-order valence-corrected chi connectivity index (χ2v) is 21.9. The molecule has 3 N–H and O–H groups in total. The molecule has 0 aromatic heterocycles. The van der Waals surface area contributed by atoms with E-state index in [-0.39, 0.29) is 40.2 Å².